The van der Waals surface area contributed by atoms with Crippen molar-refractivity contribution in [1.82, 2.24) is 5.32 Å². The van der Waals surface area contributed by atoms with Gasteiger partial charge in [0.05, 0.1) is 10.9 Å². The molecule has 20 heavy (non-hydrogen) atoms. The molecule has 0 saturated carbocycles. The number of hydrogen-bond donors (Lipinski definition) is 1. The van der Waals surface area contributed by atoms with Crippen LogP contribution in [-0.2, 0) is 12.8 Å². The topological polar surface area (TPSA) is 21.3 Å². The summed E-state index contributed by atoms with van der Waals surface area (Å²) in [7, 11) is 0. The van der Waals surface area contributed by atoms with Crippen LogP contribution in [0.1, 0.15) is 29.0 Å². The molecule has 0 saturated heterocycles. The van der Waals surface area contributed by atoms with E-state index in [0.717, 1.165) is 36.1 Å². The molecule has 0 radical (unpaired) electrons. The van der Waals surface area contributed by atoms with Crippen LogP contribution in [0.15, 0.2) is 30.3 Å². The Morgan fingerprint density at radius 1 is 1.35 bits per heavy atom. The lowest BCUT2D eigenvalue weighted by Crippen LogP contribution is -2.22. The molecule has 1 aliphatic rings. The molecule has 2 nitrogen and oxygen atoms in total. The predicted molar refractivity (Wildman–Crippen MR) is 85.1 cm³/mol. The van der Waals surface area contributed by atoms with Crippen LogP contribution in [0.3, 0.4) is 0 Å². The van der Waals surface area contributed by atoms with Crippen molar-refractivity contribution in [3.05, 3.63) is 50.7 Å². The van der Waals surface area contributed by atoms with Gasteiger partial charge < -0.3 is 10.1 Å². The minimum Gasteiger partial charge on any atom is -0.493 e. The summed E-state index contributed by atoms with van der Waals surface area (Å²) in [6, 6.07) is 11.0. The molecule has 4 heteroatoms. The van der Waals surface area contributed by atoms with E-state index in [0.29, 0.717) is 6.04 Å². The average Bonchev–Trinajstić information content (AvgIpc) is 3.06. The highest BCUT2D eigenvalue weighted by atomic mass is 35.5. The molecule has 3 rings (SSSR count). The lowest BCUT2D eigenvalue weighted by molar-refractivity contribution is 0.356. The van der Waals surface area contributed by atoms with Crippen molar-refractivity contribution >= 4 is 22.9 Å². The Morgan fingerprint density at radius 2 is 2.25 bits per heavy atom. The summed E-state index contributed by atoms with van der Waals surface area (Å²) in [5.74, 6) is 1.04. The second-order valence-corrected chi connectivity index (χ2v) is 6.79. The van der Waals surface area contributed by atoms with Crippen molar-refractivity contribution in [2.75, 3.05) is 13.2 Å². The van der Waals surface area contributed by atoms with Crippen molar-refractivity contribution in [2.45, 2.75) is 25.8 Å². The van der Waals surface area contributed by atoms with Gasteiger partial charge in [-0.1, -0.05) is 30.7 Å². The molecule has 2 aromatic rings. The van der Waals surface area contributed by atoms with Gasteiger partial charge in [-0.15, -0.1) is 11.3 Å². The second kappa shape index (κ2) is 6.17. The van der Waals surface area contributed by atoms with Crippen molar-refractivity contribution in [2.24, 2.45) is 0 Å². The van der Waals surface area contributed by atoms with E-state index < -0.39 is 0 Å². The first-order chi connectivity index (χ1) is 9.76. The molecular weight excluding hydrogens is 290 g/mol. The van der Waals surface area contributed by atoms with E-state index in [1.165, 1.54) is 16.0 Å². The van der Waals surface area contributed by atoms with Crippen molar-refractivity contribution in [1.29, 1.82) is 0 Å². The summed E-state index contributed by atoms with van der Waals surface area (Å²) in [4.78, 5) is 1.32. The van der Waals surface area contributed by atoms with Crippen LogP contribution in [0.2, 0.25) is 4.34 Å². The lowest BCUT2D eigenvalue weighted by atomic mass is 9.99. The highest BCUT2D eigenvalue weighted by Gasteiger charge is 2.17. The van der Waals surface area contributed by atoms with Gasteiger partial charge in [-0.25, -0.2) is 0 Å². The number of ether oxygens (including phenoxy) is 1. The van der Waals surface area contributed by atoms with Gasteiger partial charge in [-0.2, -0.15) is 0 Å². The minimum atomic E-state index is 0.334. The lowest BCUT2D eigenvalue weighted by Gasteiger charge is -2.18. The molecule has 2 heterocycles. The first-order valence-electron chi connectivity index (χ1n) is 6.99. The Kier molecular flexibility index (Phi) is 4.29. The fraction of sp³-hybridized carbons (Fsp3) is 0.375. The highest BCUT2D eigenvalue weighted by molar-refractivity contribution is 7.16. The van der Waals surface area contributed by atoms with Crippen LogP contribution in [0.5, 0.6) is 5.75 Å². The minimum absolute atomic E-state index is 0.334. The molecule has 1 aromatic heterocycles. The van der Waals surface area contributed by atoms with Gasteiger partial charge in [0.2, 0.25) is 0 Å². The normalized spacial score (nSPS) is 14.9. The number of rotatable bonds is 5. The average molecular weight is 308 g/mol. The molecule has 1 atom stereocenters. The summed E-state index contributed by atoms with van der Waals surface area (Å²) in [6.07, 6.45) is 2.00. The zero-order chi connectivity index (χ0) is 13.9. The quantitative estimate of drug-likeness (QED) is 0.892. The number of hydrogen-bond acceptors (Lipinski definition) is 3. The Balaban J connectivity index is 1.82. The molecule has 0 fully saturated rings. The summed E-state index contributed by atoms with van der Waals surface area (Å²) < 4.78 is 6.44. The molecule has 1 N–H and O–H groups in total. The van der Waals surface area contributed by atoms with Crippen molar-refractivity contribution in [3.63, 3.8) is 0 Å². The van der Waals surface area contributed by atoms with Gasteiger partial charge in [-0.05, 0) is 35.9 Å². The van der Waals surface area contributed by atoms with E-state index in [2.05, 4.69) is 36.5 Å². The van der Waals surface area contributed by atoms with Crippen LogP contribution >= 0.6 is 22.9 Å². The zero-order valence-electron chi connectivity index (χ0n) is 11.5. The summed E-state index contributed by atoms with van der Waals surface area (Å²) in [5, 5.41) is 3.57. The molecule has 0 amide bonds. The van der Waals surface area contributed by atoms with Crippen LogP contribution < -0.4 is 10.1 Å². The Morgan fingerprint density at radius 3 is 3.00 bits per heavy atom. The van der Waals surface area contributed by atoms with Gasteiger partial charge in [0.15, 0.2) is 0 Å². The summed E-state index contributed by atoms with van der Waals surface area (Å²) >= 11 is 7.69. The number of thiophene rings is 1. The smallest absolute Gasteiger partial charge is 0.122 e. The molecule has 0 bridgehead atoms. The summed E-state index contributed by atoms with van der Waals surface area (Å²) in [5.41, 5.74) is 2.66. The van der Waals surface area contributed by atoms with Crippen LogP contribution in [0.4, 0.5) is 0 Å². The number of fused-ring (bicyclic) bond motifs is 1. The van der Waals surface area contributed by atoms with Gasteiger partial charge in [-0.3, -0.25) is 0 Å². The first kappa shape index (κ1) is 13.9. The third kappa shape index (κ3) is 3.00. The van der Waals surface area contributed by atoms with Crippen LogP contribution in [0.25, 0.3) is 0 Å². The molecule has 1 aromatic carbocycles. The number of nitrogens with one attached hydrogen (secondary N) is 1. The summed E-state index contributed by atoms with van der Waals surface area (Å²) in [6.45, 7) is 3.91. The van der Waals surface area contributed by atoms with E-state index >= 15 is 0 Å². The van der Waals surface area contributed by atoms with E-state index in [1.54, 1.807) is 11.3 Å². The Bertz CT molecular complexity index is 596. The van der Waals surface area contributed by atoms with E-state index in [-0.39, 0.29) is 0 Å². The maximum atomic E-state index is 6.03. The van der Waals surface area contributed by atoms with Crippen LogP contribution in [-0.4, -0.2) is 13.2 Å². The van der Waals surface area contributed by atoms with E-state index in [1.807, 2.05) is 6.07 Å². The van der Waals surface area contributed by atoms with Gasteiger partial charge in [0, 0.05) is 23.8 Å². The van der Waals surface area contributed by atoms with Gasteiger partial charge in [0.25, 0.3) is 0 Å². The number of likely N-dealkylation sites (N-methyl/N-ethyl adjacent to an activating group) is 1. The molecule has 1 unspecified atom stereocenters. The molecule has 106 valence electrons. The maximum Gasteiger partial charge on any atom is 0.122 e. The predicted octanol–water partition coefficient (Wildman–Crippen LogP) is 4.23. The van der Waals surface area contributed by atoms with Crippen molar-refractivity contribution < 1.29 is 4.74 Å². The maximum absolute atomic E-state index is 6.03. The third-order valence-electron chi connectivity index (χ3n) is 3.60. The Hall–Kier alpha value is -1.03. The molecule has 0 spiro atoms. The van der Waals surface area contributed by atoms with Crippen LogP contribution in [0, 0.1) is 0 Å². The van der Waals surface area contributed by atoms with Crippen molar-refractivity contribution in [3.8, 4) is 5.75 Å². The van der Waals surface area contributed by atoms with Gasteiger partial charge >= 0.3 is 0 Å². The molecule has 0 aliphatic carbocycles. The Labute approximate surface area is 128 Å². The fourth-order valence-electron chi connectivity index (χ4n) is 2.64. The zero-order valence-corrected chi connectivity index (χ0v) is 13.1. The molecular formula is C16H18ClNOS. The van der Waals surface area contributed by atoms with E-state index in [9.17, 15) is 0 Å². The van der Waals surface area contributed by atoms with Gasteiger partial charge in [0.1, 0.15) is 5.75 Å². The first-order valence-corrected chi connectivity index (χ1v) is 8.19. The fourth-order valence-corrected chi connectivity index (χ4v) is 3.77. The standard InChI is InChI=1S/C16H18ClNOS/c1-2-18-14(10-13-4-6-16(17)20-13)11-3-5-15-12(9-11)7-8-19-15/h3-6,9,14,18H,2,7-8,10H2,1H3. The number of benzene rings is 1. The number of halogens is 1. The molecule has 1 aliphatic heterocycles. The third-order valence-corrected chi connectivity index (χ3v) is 4.85. The highest BCUT2D eigenvalue weighted by Crippen LogP contribution is 2.31. The largest absolute Gasteiger partial charge is 0.493 e. The second-order valence-electron chi connectivity index (χ2n) is 4.99. The van der Waals surface area contributed by atoms with E-state index in [4.69, 9.17) is 16.3 Å². The monoisotopic (exact) mass is 307 g/mol. The SMILES string of the molecule is CCNC(Cc1ccc(Cl)s1)c1ccc2c(c1)CCO2.